The second-order valence-electron chi connectivity index (χ2n) is 6.94. The second kappa shape index (κ2) is 13.5. The molecule has 0 heterocycles. The molecule has 0 aromatic heterocycles. The molecular formula is C18H40P2. The molecule has 0 aliphatic rings. The van der Waals surface area contributed by atoms with Gasteiger partial charge in [-0.05, 0) is 61.6 Å². The lowest BCUT2D eigenvalue weighted by Crippen LogP contribution is -2.02. The Balaban J connectivity index is 3.81. The van der Waals surface area contributed by atoms with Crippen LogP contribution in [0, 0.1) is 11.8 Å². The molecule has 0 saturated heterocycles. The molecule has 0 amide bonds. The highest BCUT2D eigenvalue weighted by atomic mass is 31.1. The Morgan fingerprint density at radius 1 is 0.600 bits per heavy atom. The van der Waals surface area contributed by atoms with Crippen LogP contribution in [0.15, 0.2) is 0 Å². The lowest BCUT2D eigenvalue weighted by Gasteiger charge is -2.21. The summed E-state index contributed by atoms with van der Waals surface area (Å²) in [6.45, 7) is 14.3. The van der Waals surface area contributed by atoms with Gasteiger partial charge in [-0.1, -0.05) is 54.4 Å². The van der Waals surface area contributed by atoms with Crippen molar-refractivity contribution in [3.8, 4) is 0 Å². The van der Waals surface area contributed by atoms with E-state index >= 15 is 0 Å². The third kappa shape index (κ3) is 12.6. The van der Waals surface area contributed by atoms with E-state index < -0.39 is 0 Å². The molecule has 0 bridgehead atoms. The van der Waals surface area contributed by atoms with E-state index in [9.17, 15) is 0 Å². The highest BCUT2D eigenvalue weighted by molar-refractivity contribution is 7.61. The fourth-order valence-electron chi connectivity index (χ4n) is 2.59. The average Bonchev–Trinajstić information content (AvgIpc) is 2.39. The summed E-state index contributed by atoms with van der Waals surface area (Å²) < 4.78 is 0. The van der Waals surface area contributed by atoms with Gasteiger partial charge in [0.1, 0.15) is 0 Å². The van der Waals surface area contributed by atoms with Gasteiger partial charge in [0.2, 0.25) is 0 Å². The van der Waals surface area contributed by atoms with Crippen molar-refractivity contribution < 1.29 is 0 Å². The van der Waals surface area contributed by atoms with Gasteiger partial charge in [0.05, 0.1) is 0 Å². The van der Waals surface area contributed by atoms with Crippen LogP contribution < -0.4 is 0 Å². The maximum absolute atomic E-state index is 2.42. The van der Waals surface area contributed by atoms with E-state index in [-0.39, 0.29) is 0 Å². The Bertz CT molecular complexity index is 180. The van der Waals surface area contributed by atoms with Gasteiger partial charge in [-0.15, -0.1) is 15.8 Å². The number of hydrogen-bond donors (Lipinski definition) is 0. The molecule has 0 spiro atoms. The van der Waals surface area contributed by atoms with Crippen LogP contribution in [-0.2, 0) is 0 Å². The van der Waals surface area contributed by atoms with Crippen molar-refractivity contribution in [2.24, 2.45) is 11.8 Å². The lowest BCUT2D eigenvalue weighted by molar-refractivity contribution is 0.577. The first-order valence-electron chi connectivity index (χ1n) is 8.94. The molecule has 0 aliphatic carbocycles. The summed E-state index contributed by atoms with van der Waals surface area (Å²) >= 11 is 0. The maximum atomic E-state index is 2.42. The first-order valence-corrected chi connectivity index (χ1v) is 12.7. The van der Waals surface area contributed by atoms with Gasteiger partial charge in [0.25, 0.3) is 0 Å². The summed E-state index contributed by atoms with van der Waals surface area (Å²) in [7, 11) is 0.723. The van der Waals surface area contributed by atoms with Crippen molar-refractivity contribution in [1.82, 2.24) is 0 Å². The van der Waals surface area contributed by atoms with Crippen molar-refractivity contribution in [3.63, 3.8) is 0 Å². The largest absolute Gasteiger partial charge is 0.107 e. The maximum Gasteiger partial charge on any atom is -0.0286 e. The summed E-state index contributed by atoms with van der Waals surface area (Å²) in [6.07, 6.45) is 15.0. The van der Waals surface area contributed by atoms with Crippen molar-refractivity contribution >= 4 is 15.8 Å². The van der Waals surface area contributed by atoms with Crippen LogP contribution in [0.3, 0.4) is 0 Å². The van der Waals surface area contributed by atoms with E-state index in [0.717, 1.165) is 11.8 Å². The second-order valence-corrected chi connectivity index (χ2v) is 12.7. The molecule has 0 aliphatic heterocycles. The third-order valence-electron chi connectivity index (χ3n) is 4.14. The van der Waals surface area contributed by atoms with E-state index in [1.807, 2.05) is 0 Å². The summed E-state index contributed by atoms with van der Waals surface area (Å²) in [6, 6.07) is 0. The van der Waals surface area contributed by atoms with Crippen LogP contribution in [0.5, 0.6) is 0 Å². The average molecular weight is 318 g/mol. The van der Waals surface area contributed by atoms with Crippen LogP contribution in [0.4, 0.5) is 0 Å². The Kier molecular flexibility index (Phi) is 14.1. The van der Waals surface area contributed by atoms with Crippen molar-refractivity contribution in [3.05, 3.63) is 0 Å². The monoisotopic (exact) mass is 318 g/mol. The normalized spacial score (nSPS) is 15.0. The topological polar surface area (TPSA) is 0 Å². The van der Waals surface area contributed by atoms with Crippen LogP contribution in [0.25, 0.3) is 0 Å². The standard InChI is InChI=1S/C18H40P2/c1-7-19(13-9-11-17(3)4)15-16-20(8-2)14-10-12-18(5)6/h17-18H,7-16H2,1-6H3. The lowest BCUT2D eigenvalue weighted by atomic mass is 10.1. The van der Waals surface area contributed by atoms with E-state index in [4.69, 9.17) is 0 Å². The van der Waals surface area contributed by atoms with Gasteiger partial charge >= 0.3 is 0 Å². The van der Waals surface area contributed by atoms with Gasteiger partial charge in [-0.3, -0.25) is 0 Å². The molecule has 122 valence electrons. The first kappa shape index (κ1) is 20.9. The highest BCUT2D eigenvalue weighted by Crippen LogP contribution is 2.43. The van der Waals surface area contributed by atoms with E-state index in [2.05, 4.69) is 41.5 Å². The van der Waals surface area contributed by atoms with Crippen LogP contribution in [0.1, 0.15) is 67.2 Å². The molecule has 0 rings (SSSR count). The minimum Gasteiger partial charge on any atom is -0.107 e. The molecule has 0 N–H and O–H groups in total. The molecule has 2 heteroatoms. The Morgan fingerprint density at radius 3 is 1.20 bits per heavy atom. The molecule has 0 fully saturated rings. The molecular weight excluding hydrogens is 278 g/mol. The molecule has 0 nitrogen and oxygen atoms in total. The Morgan fingerprint density at radius 2 is 0.950 bits per heavy atom. The van der Waals surface area contributed by atoms with E-state index in [1.54, 1.807) is 24.6 Å². The van der Waals surface area contributed by atoms with Crippen LogP contribution in [-0.4, -0.2) is 37.0 Å². The minimum absolute atomic E-state index is 0.361. The summed E-state index contributed by atoms with van der Waals surface area (Å²) in [5, 5.41) is 0. The molecule has 20 heavy (non-hydrogen) atoms. The summed E-state index contributed by atoms with van der Waals surface area (Å²) in [5.41, 5.74) is 0. The predicted molar refractivity (Wildman–Crippen MR) is 103 cm³/mol. The van der Waals surface area contributed by atoms with Gasteiger partial charge in [-0.25, -0.2) is 0 Å². The van der Waals surface area contributed by atoms with Gasteiger partial charge < -0.3 is 0 Å². The van der Waals surface area contributed by atoms with Gasteiger partial charge in [-0.2, -0.15) is 0 Å². The van der Waals surface area contributed by atoms with Crippen LogP contribution >= 0.6 is 15.8 Å². The molecule has 0 saturated carbocycles. The Hall–Kier alpha value is 0.860. The van der Waals surface area contributed by atoms with Crippen LogP contribution in [0.2, 0.25) is 0 Å². The zero-order chi connectivity index (χ0) is 15.4. The minimum atomic E-state index is 0.361. The van der Waals surface area contributed by atoms with Crippen molar-refractivity contribution in [1.29, 1.82) is 0 Å². The quantitative estimate of drug-likeness (QED) is 0.325. The fraction of sp³-hybridized carbons (Fsp3) is 1.00. The van der Waals surface area contributed by atoms with Gasteiger partial charge in [0.15, 0.2) is 0 Å². The SMILES string of the molecule is CCP(CCCC(C)C)CCP(CC)CCCC(C)C. The summed E-state index contributed by atoms with van der Waals surface area (Å²) in [5.74, 6) is 1.79. The smallest absolute Gasteiger partial charge is 0.0286 e. The zero-order valence-electron chi connectivity index (χ0n) is 15.1. The van der Waals surface area contributed by atoms with E-state index in [0.29, 0.717) is 15.8 Å². The molecule has 0 aromatic carbocycles. The molecule has 2 unspecified atom stereocenters. The number of rotatable bonds is 13. The first-order chi connectivity index (χ1) is 9.49. The number of hydrogen-bond acceptors (Lipinski definition) is 0. The molecule has 0 aromatic rings. The van der Waals surface area contributed by atoms with E-state index in [1.165, 1.54) is 38.0 Å². The zero-order valence-corrected chi connectivity index (χ0v) is 16.9. The van der Waals surface area contributed by atoms with Gasteiger partial charge in [0, 0.05) is 0 Å². The highest BCUT2D eigenvalue weighted by Gasteiger charge is 2.11. The predicted octanol–water partition coefficient (Wildman–Crippen LogP) is 6.86. The Labute approximate surface area is 132 Å². The van der Waals surface area contributed by atoms with Crippen molar-refractivity contribution in [2.45, 2.75) is 67.2 Å². The van der Waals surface area contributed by atoms with Crippen molar-refractivity contribution in [2.75, 3.05) is 37.0 Å². The molecule has 0 radical (unpaired) electrons. The molecule has 2 atom stereocenters. The third-order valence-corrected chi connectivity index (χ3v) is 9.89. The summed E-state index contributed by atoms with van der Waals surface area (Å²) in [4.78, 5) is 0. The fourth-order valence-corrected chi connectivity index (χ4v) is 7.82.